The average Bonchev–Trinajstić information content (AvgIpc) is 2.70. The summed E-state index contributed by atoms with van der Waals surface area (Å²) in [7, 11) is -2.52. The number of hydrogen-bond acceptors (Lipinski definition) is 3. The second-order valence-electron chi connectivity index (χ2n) is 6.56. The zero-order chi connectivity index (χ0) is 21.2. The van der Waals surface area contributed by atoms with Gasteiger partial charge in [0.1, 0.15) is 11.6 Å². The molecule has 1 atom stereocenters. The predicted molar refractivity (Wildman–Crippen MR) is 114 cm³/mol. The third-order valence-electron chi connectivity index (χ3n) is 4.79. The van der Waals surface area contributed by atoms with Gasteiger partial charge >= 0.3 is 0 Å². The third kappa shape index (κ3) is 4.09. The molecule has 3 rings (SSSR count). The van der Waals surface area contributed by atoms with E-state index >= 15 is 0 Å². The van der Waals surface area contributed by atoms with E-state index in [1.54, 1.807) is 68.4 Å². The highest BCUT2D eigenvalue weighted by Crippen LogP contribution is 2.36. The van der Waals surface area contributed by atoms with Crippen LogP contribution in [0.5, 0.6) is 5.75 Å². The molecule has 0 aliphatic rings. The van der Waals surface area contributed by atoms with Gasteiger partial charge in [-0.3, -0.25) is 4.31 Å². The molecule has 0 N–H and O–H groups in total. The summed E-state index contributed by atoms with van der Waals surface area (Å²) in [4.78, 5) is 0.0732. The van der Waals surface area contributed by atoms with Crippen LogP contribution in [-0.2, 0) is 10.0 Å². The lowest BCUT2D eigenvalue weighted by Crippen LogP contribution is -2.34. The van der Waals surface area contributed by atoms with Gasteiger partial charge in [-0.1, -0.05) is 35.9 Å². The van der Waals surface area contributed by atoms with E-state index in [9.17, 15) is 12.8 Å². The summed E-state index contributed by atoms with van der Waals surface area (Å²) >= 11 is 6.17. The summed E-state index contributed by atoms with van der Waals surface area (Å²) in [5, 5.41) is 0.347. The third-order valence-corrected chi connectivity index (χ3v) is 7.24. The van der Waals surface area contributed by atoms with Gasteiger partial charge in [0, 0.05) is 10.6 Å². The first-order valence-corrected chi connectivity index (χ1v) is 10.8. The second kappa shape index (κ2) is 8.43. The van der Waals surface area contributed by atoms with Crippen LogP contribution in [0.4, 0.5) is 10.1 Å². The van der Waals surface area contributed by atoms with Crippen LogP contribution in [-0.4, -0.2) is 15.5 Å². The Labute approximate surface area is 175 Å². The van der Waals surface area contributed by atoms with Crippen LogP contribution in [0.25, 0.3) is 0 Å². The lowest BCUT2D eigenvalue weighted by Gasteiger charge is -2.31. The molecule has 0 aliphatic carbocycles. The van der Waals surface area contributed by atoms with Crippen molar-refractivity contribution >= 4 is 27.3 Å². The average molecular weight is 434 g/mol. The number of sulfonamides is 1. The van der Waals surface area contributed by atoms with E-state index in [0.29, 0.717) is 22.0 Å². The number of nitrogens with zero attached hydrogens (tertiary/aromatic N) is 1. The van der Waals surface area contributed by atoms with Crippen molar-refractivity contribution in [3.63, 3.8) is 0 Å². The Bertz CT molecular complexity index is 1120. The fraction of sp³-hybridized carbons (Fsp3) is 0.182. The Hall–Kier alpha value is -2.57. The molecule has 29 heavy (non-hydrogen) atoms. The largest absolute Gasteiger partial charge is 0.497 e. The molecule has 0 heterocycles. The number of methoxy groups -OCH3 is 1. The smallest absolute Gasteiger partial charge is 0.265 e. The molecule has 152 valence electrons. The Kier molecular flexibility index (Phi) is 6.15. The number of ether oxygens (including phenoxy) is 1. The Morgan fingerprint density at radius 3 is 2.28 bits per heavy atom. The molecule has 0 amide bonds. The van der Waals surface area contributed by atoms with Crippen molar-refractivity contribution in [3.8, 4) is 5.75 Å². The van der Waals surface area contributed by atoms with Crippen LogP contribution in [0.1, 0.15) is 24.1 Å². The van der Waals surface area contributed by atoms with Gasteiger partial charge in [-0.25, -0.2) is 12.8 Å². The molecule has 7 heteroatoms. The maximum absolute atomic E-state index is 14.5. The number of hydrogen-bond donors (Lipinski definition) is 0. The van der Waals surface area contributed by atoms with Crippen molar-refractivity contribution < 1.29 is 17.5 Å². The summed E-state index contributed by atoms with van der Waals surface area (Å²) in [6.45, 7) is 3.30. The molecule has 0 saturated heterocycles. The quantitative estimate of drug-likeness (QED) is 0.497. The maximum atomic E-state index is 14.5. The van der Waals surface area contributed by atoms with E-state index in [1.807, 2.05) is 0 Å². The van der Waals surface area contributed by atoms with Gasteiger partial charge in [0.05, 0.1) is 23.7 Å². The molecule has 0 bridgehead atoms. The monoisotopic (exact) mass is 433 g/mol. The fourth-order valence-corrected chi connectivity index (χ4v) is 5.33. The Morgan fingerprint density at radius 1 is 1.00 bits per heavy atom. The number of anilines is 1. The van der Waals surface area contributed by atoms with Crippen LogP contribution < -0.4 is 9.04 Å². The van der Waals surface area contributed by atoms with Gasteiger partial charge in [0.25, 0.3) is 10.0 Å². The van der Waals surface area contributed by atoms with E-state index in [1.165, 1.54) is 23.5 Å². The van der Waals surface area contributed by atoms with Gasteiger partial charge in [0.15, 0.2) is 0 Å². The number of rotatable bonds is 6. The van der Waals surface area contributed by atoms with E-state index in [0.717, 1.165) is 0 Å². The van der Waals surface area contributed by atoms with Crippen molar-refractivity contribution in [1.29, 1.82) is 0 Å². The van der Waals surface area contributed by atoms with E-state index < -0.39 is 21.9 Å². The highest BCUT2D eigenvalue weighted by molar-refractivity contribution is 7.93. The van der Waals surface area contributed by atoms with Crippen molar-refractivity contribution in [3.05, 3.63) is 88.7 Å². The van der Waals surface area contributed by atoms with Gasteiger partial charge < -0.3 is 4.74 Å². The van der Waals surface area contributed by atoms with Crippen LogP contribution in [0.2, 0.25) is 5.02 Å². The molecule has 1 unspecified atom stereocenters. The summed E-state index contributed by atoms with van der Waals surface area (Å²) in [5.41, 5.74) is 1.10. The van der Waals surface area contributed by atoms with E-state index in [2.05, 4.69) is 0 Å². The molecule has 0 aromatic heterocycles. The standard InChI is InChI=1S/C22H21ClFNO3S/c1-15-20(23)8-6-10-22(15)29(26,27)25(17-11-13-18(28-3)14-12-17)16(2)19-7-4-5-9-21(19)24/h4-14,16H,1-3H3. The van der Waals surface area contributed by atoms with Crippen LogP contribution in [0.15, 0.2) is 71.6 Å². The Balaban J connectivity index is 2.21. The first kappa shape index (κ1) is 21.1. The number of halogens is 2. The summed E-state index contributed by atoms with van der Waals surface area (Å²) in [6.07, 6.45) is 0. The van der Waals surface area contributed by atoms with E-state index in [4.69, 9.17) is 16.3 Å². The van der Waals surface area contributed by atoms with Crippen LogP contribution >= 0.6 is 11.6 Å². The molecular formula is C22H21ClFNO3S. The number of benzene rings is 3. The molecule has 3 aromatic carbocycles. The topological polar surface area (TPSA) is 46.6 Å². The van der Waals surface area contributed by atoms with Crippen molar-refractivity contribution in [2.24, 2.45) is 0 Å². The molecule has 0 fully saturated rings. The van der Waals surface area contributed by atoms with Gasteiger partial charge in [0.2, 0.25) is 0 Å². The maximum Gasteiger partial charge on any atom is 0.265 e. The first-order chi connectivity index (χ1) is 13.8. The van der Waals surface area contributed by atoms with Crippen molar-refractivity contribution in [2.45, 2.75) is 24.8 Å². The van der Waals surface area contributed by atoms with Crippen LogP contribution in [0, 0.1) is 12.7 Å². The lowest BCUT2D eigenvalue weighted by molar-refractivity contribution is 0.415. The van der Waals surface area contributed by atoms with Gasteiger partial charge in [-0.15, -0.1) is 0 Å². The minimum absolute atomic E-state index is 0.0732. The van der Waals surface area contributed by atoms with Gasteiger partial charge in [-0.05, 0) is 61.9 Å². The first-order valence-electron chi connectivity index (χ1n) is 8.95. The minimum atomic E-state index is -4.05. The van der Waals surface area contributed by atoms with Gasteiger partial charge in [-0.2, -0.15) is 0 Å². The lowest BCUT2D eigenvalue weighted by atomic mass is 10.1. The molecule has 0 spiro atoms. The fourth-order valence-electron chi connectivity index (χ4n) is 3.21. The van der Waals surface area contributed by atoms with Crippen molar-refractivity contribution in [2.75, 3.05) is 11.4 Å². The molecule has 0 saturated carbocycles. The molecule has 0 aliphatic heterocycles. The zero-order valence-electron chi connectivity index (χ0n) is 16.3. The molecule has 0 radical (unpaired) electrons. The summed E-state index contributed by atoms with van der Waals surface area (Å²) < 4.78 is 48.3. The Morgan fingerprint density at radius 2 is 1.66 bits per heavy atom. The normalized spacial score (nSPS) is 12.4. The molecule has 3 aromatic rings. The highest BCUT2D eigenvalue weighted by atomic mass is 35.5. The SMILES string of the molecule is COc1ccc(N(C(C)c2ccccc2F)S(=O)(=O)c2cccc(Cl)c2C)cc1. The zero-order valence-corrected chi connectivity index (χ0v) is 17.8. The molecule has 4 nitrogen and oxygen atoms in total. The molecular weight excluding hydrogens is 413 g/mol. The van der Waals surface area contributed by atoms with E-state index in [-0.39, 0.29) is 10.5 Å². The minimum Gasteiger partial charge on any atom is -0.497 e. The second-order valence-corrected chi connectivity index (χ2v) is 8.75. The van der Waals surface area contributed by atoms with Crippen molar-refractivity contribution in [1.82, 2.24) is 0 Å². The summed E-state index contributed by atoms with van der Waals surface area (Å²) in [6, 6.07) is 16.7. The highest BCUT2D eigenvalue weighted by Gasteiger charge is 2.33. The van der Waals surface area contributed by atoms with Crippen LogP contribution in [0.3, 0.4) is 0 Å². The predicted octanol–water partition coefficient (Wildman–Crippen LogP) is 5.75. The summed E-state index contributed by atoms with van der Waals surface area (Å²) in [5.74, 6) is 0.111.